The van der Waals surface area contributed by atoms with Crippen LogP contribution in [0.15, 0.2) is 22.9 Å². The Hall–Kier alpha value is -2.32. The summed E-state index contributed by atoms with van der Waals surface area (Å²) in [6.07, 6.45) is 2.72. The summed E-state index contributed by atoms with van der Waals surface area (Å²) >= 11 is 0. The first-order valence-corrected chi connectivity index (χ1v) is 7.65. The van der Waals surface area contributed by atoms with Gasteiger partial charge in [0.15, 0.2) is 5.69 Å². The topological polar surface area (TPSA) is 75.4 Å². The van der Waals surface area contributed by atoms with Gasteiger partial charge in [-0.05, 0) is 25.7 Å². The predicted octanol–water partition coefficient (Wildman–Crippen LogP) is 2.86. The summed E-state index contributed by atoms with van der Waals surface area (Å²) in [6, 6.07) is -0.962. The van der Waals surface area contributed by atoms with Crippen LogP contribution in [-0.4, -0.2) is 28.0 Å². The van der Waals surface area contributed by atoms with Crippen LogP contribution in [0.1, 0.15) is 36.9 Å². The Balaban J connectivity index is 1.81. The van der Waals surface area contributed by atoms with Gasteiger partial charge in [-0.1, -0.05) is 17.3 Å². The molecule has 6 nitrogen and oxygen atoms in total. The first-order chi connectivity index (χ1) is 11.4. The summed E-state index contributed by atoms with van der Waals surface area (Å²) in [6.45, 7) is -0.512. The van der Waals surface area contributed by atoms with Gasteiger partial charge in [-0.15, -0.1) is 0 Å². The molecule has 1 aromatic rings. The molecule has 3 amide bonds. The third-order valence-electron chi connectivity index (χ3n) is 4.32. The zero-order valence-electron chi connectivity index (χ0n) is 12.7. The summed E-state index contributed by atoms with van der Waals surface area (Å²) in [5.41, 5.74) is -1.55. The van der Waals surface area contributed by atoms with Crippen molar-refractivity contribution < 1.29 is 27.3 Å². The van der Waals surface area contributed by atoms with E-state index in [-0.39, 0.29) is 11.6 Å². The number of rotatable bonds is 2. The van der Waals surface area contributed by atoms with Crippen LogP contribution in [0, 0.1) is 5.92 Å². The van der Waals surface area contributed by atoms with Crippen LogP contribution in [0.25, 0.3) is 0 Å². The quantitative estimate of drug-likeness (QED) is 0.838. The molecular weight excluding hydrogens is 327 g/mol. The molecular formula is C15H16F3N3O3. The van der Waals surface area contributed by atoms with Gasteiger partial charge in [0, 0.05) is 11.6 Å². The summed E-state index contributed by atoms with van der Waals surface area (Å²) in [7, 11) is 0. The molecule has 1 aliphatic heterocycles. The lowest BCUT2D eigenvalue weighted by atomic mass is 9.86. The summed E-state index contributed by atoms with van der Waals surface area (Å²) in [5.74, 6) is -0.879. The molecule has 1 aliphatic carbocycles. The van der Waals surface area contributed by atoms with Gasteiger partial charge in [-0.25, -0.2) is 4.79 Å². The number of hydrogen-bond donors (Lipinski definition) is 1. The molecule has 0 spiro atoms. The number of nitrogens with zero attached hydrogens (tertiary/aromatic N) is 2. The molecule has 24 heavy (non-hydrogen) atoms. The number of fused-ring (bicyclic) bond motifs is 1. The third kappa shape index (κ3) is 3.15. The molecule has 2 atom stereocenters. The Kier molecular flexibility index (Phi) is 4.33. The zero-order chi connectivity index (χ0) is 17.3. The van der Waals surface area contributed by atoms with Crippen molar-refractivity contribution in [2.24, 2.45) is 5.92 Å². The molecule has 2 aliphatic rings. The van der Waals surface area contributed by atoms with Crippen molar-refractivity contribution in [1.82, 2.24) is 15.4 Å². The lowest BCUT2D eigenvalue weighted by Gasteiger charge is -2.38. The Bertz CT molecular complexity index is 668. The number of halogens is 3. The number of carbonyl (C=O) groups excluding carboxylic acids is 2. The van der Waals surface area contributed by atoms with Crippen molar-refractivity contribution in [2.45, 2.75) is 44.4 Å². The number of nitrogens with one attached hydrogen (secondary N) is 1. The number of imide groups is 1. The minimum absolute atomic E-state index is 0.282. The van der Waals surface area contributed by atoms with E-state index in [0.29, 0.717) is 19.3 Å². The van der Waals surface area contributed by atoms with Crippen LogP contribution in [0.2, 0.25) is 0 Å². The molecule has 0 saturated carbocycles. The Labute approximate surface area is 135 Å². The van der Waals surface area contributed by atoms with Crippen LogP contribution in [0.4, 0.5) is 18.0 Å². The fraction of sp³-hybridized carbons (Fsp3) is 0.533. The average Bonchev–Trinajstić information content (AvgIpc) is 2.94. The van der Waals surface area contributed by atoms with Gasteiger partial charge in [-0.2, -0.15) is 13.2 Å². The molecule has 0 bridgehead atoms. The lowest BCUT2D eigenvalue weighted by Crippen LogP contribution is -2.59. The maximum Gasteiger partial charge on any atom is 0.437 e. The number of alkyl halides is 3. The van der Waals surface area contributed by atoms with E-state index in [4.69, 9.17) is 0 Å². The van der Waals surface area contributed by atoms with Crippen LogP contribution in [0.3, 0.4) is 0 Å². The van der Waals surface area contributed by atoms with Crippen molar-refractivity contribution in [3.8, 4) is 0 Å². The van der Waals surface area contributed by atoms with Crippen LogP contribution >= 0.6 is 0 Å². The second-order valence-electron chi connectivity index (χ2n) is 5.90. The lowest BCUT2D eigenvalue weighted by molar-refractivity contribution is -0.144. The molecule has 1 aromatic heterocycles. The van der Waals surface area contributed by atoms with E-state index in [2.05, 4.69) is 15.0 Å². The normalized spacial score (nSPS) is 26.4. The summed E-state index contributed by atoms with van der Waals surface area (Å²) in [5, 5.41) is 5.67. The van der Waals surface area contributed by atoms with Gasteiger partial charge in [0.2, 0.25) is 5.91 Å². The Morgan fingerprint density at radius 2 is 1.96 bits per heavy atom. The van der Waals surface area contributed by atoms with E-state index in [1.165, 1.54) is 0 Å². The number of carbonyl (C=O) groups is 2. The smallest absolute Gasteiger partial charge is 0.364 e. The fourth-order valence-corrected chi connectivity index (χ4v) is 3.12. The minimum Gasteiger partial charge on any atom is -0.364 e. The van der Waals surface area contributed by atoms with Crippen LogP contribution in [0.5, 0.6) is 0 Å². The van der Waals surface area contributed by atoms with E-state index in [1.807, 2.05) is 12.2 Å². The highest BCUT2D eigenvalue weighted by Crippen LogP contribution is 2.32. The molecule has 1 fully saturated rings. The second-order valence-corrected chi connectivity index (χ2v) is 5.90. The van der Waals surface area contributed by atoms with Crippen molar-refractivity contribution >= 4 is 11.9 Å². The van der Waals surface area contributed by atoms with E-state index >= 15 is 0 Å². The molecule has 3 rings (SSSR count). The molecule has 9 heteroatoms. The maximum atomic E-state index is 12.9. The van der Waals surface area contributed by atoms with E-state index < -0.39 is 36.3 Å². The summed E-state index contributed by atoms with van der Waals surface area (Å²) < 4.78 is 43.0. The van der Waals surface area contributed by atoms with Gasteiger partial charge < -0.3 is 9.84 Å². The number of allylic oxidation sites excluding steroid dienone is 2. The van der Waals surface area contributed by atoms with Crippen molar-refractivity contribution in [1.29, 1.82) is 0 Å². The first kappa shape index (κ1) is 16.5. The monoisotopic (exact) mass is 343 g/mol. The number of aromatic nitrogens is 1. The van der Waals surface area contributed by atoms with Gasteiger partial charge in [0.05, 0.1) is 12.5 Å². The molecule has 2 heterocycles. The van der Waals surface area contributed by atoms with Crippen LogP contribution < -0.4 is 5.32 Å². The van der Waals surface area contributed by atoms with Crippen molar-refractivity contribution in [2.75, 3.05) is 0 Å². The van der Waals surface area contributed by atoms with Gasteiger partial charge in [0.25, 0.3) is 0 Å². The highest BCUT2D eigenvalue weighted by atomic mass is 19.4. The van der Waals surface area contributed by atoms with E-state index in [1.54, 1.807) is 0 Å². The van der Waals surface area contributed by atoms with Crippen molar-refractivity contribution in [3.05, 3.63) is 29.7 Å². The standard InChI is InChI=1S/C15H16F3N3O3/c16-15(17,18)12-9(8-24-20-12)7-21-13(22)10-5-3-1-2-4-6-11(10)19-14(21)23/h1-2,8,10-11H,3-7H2,(H,19,23)/b2-1-/t10-,11+/m0/s1. The number of hydrogen-bond acceptors (Lipinski definition) is 4. The molecule has 0 unspecified atom stereocenters. The first-order valence-electron chi connectivity index (χ1n) is 7.65. The van der Waals surface area contributed by atoms with Crippen molar-refractivity contribution in [3.63, 3.8) is 0 Å². The molecule has 130 valence electrons. The van der Waals surface area contributed by atoms with E-state index in [0.717, 1.165) is 17.6 Å². The Morgan fingerprint density at radius 1 is 1.25 bits per heavy atom. The summed E-state index contributed by atoms with van der Waals surface area (Å²) in [4.78, 5) is 25.6. The molecule has 1 N–H and O–H groups in total. The third-order valence-corrected chi connectivity index (χ3v) is 4.32. The SMILES string of the molecule is O=C1N[C@@H]2CC/C=C\CC[C@@H]2C(=O)N1Cc1conc1C(F)(F)F. The van der Waals surface area contributed by atoms with Gasteiger partial charge in [-0.3, -0.25) is 9.69 Å². The predicted molar refractivity (Wildman–Crippen MR) is 75.5 cm³/mol. The van der Waals surface area contributed by atoms with E-state index in [9.17, 15) is 22.8 Å². The number of amides is 3. The largest absolute Gasteiger partial charge is 0.437 e. The molecule has 1 saturated heterocycles. The average molecular weight is 343 g/mol. The fourth-order valence-electron chi connectivity index (χ4n) is 3.12. The second kappa shape index (κ2) is 6.29. The van der Waals surface area contributed by atoms with Gasteiger partial charge in [0.1, 0.15) is 6.26 Å². The van der Waals surface area contributed by atoms with Gasteiger partial charge >= 0.3 is 12.2 Å². The Morgan fingerprint density at radius 3 is 2.67 bits per heavy atom. The minimum atomic E-state index is -4.70. The highest BCUT2D eigenvalue weighted by molar-refractivity contribution is 5.98. The number of urea groups is 1. The zero-order valence-corrected chi connectivity index (χ0v) is 12.7. The maximum absolute atomic E-state index is 12.9. The molecule has 0 aromatic carbocycles. The molecule has 0 radical (unpaired) electrons. The van der Waals surface area contributed by atoms with Crippen LogP contribution in [-0.2, 0) is 17.5 Å². The highest BCUT2D eigenvalue weighted by Gasteiger charge is 2.43.